The second-order valence-corrected chi connectivity index (χ2v) is 6.32. The average molecular weight is 300 g/mol. The standard InChI is InChI=1S/C22H20O/c23-19-13-10-18(11-14-19)22-20-9-5-4-8-17(20)12-15-21(22)16-6-2-1-3-7-16/h1-11,13-14,21-23H,12,15H2. The number of hydrogen-bond acceptors (Lipinski definition) is 1. The van der Waals surface area contributed by atoms with Gasteiger partial charge in [0.1, 0.15) is 5.75 Å². The minimum atomic E-state index is 0.328. The zero-order valence-corrected chi connectivity index (χ0v) is 13.0. The van der Waals surface area contributed by atoms with E-state index in [1.165, 1.54) is 22.3 Å². The highest BCUT2D eigenvalue weighted by Crippen LogP contribution is 2.46. The lowest BCUT2D eigenvalue weighted by molar-refractivity contribution is 0.474. The van der Waals surface area contributed by atoms with E-state index in [4.69, 9.17) is 0 Å². The second kappa shape index (κ2) is 5.92. The van der Waals surface area contributed by atoms with Gasteiger partial charge in [-0.3, -0.25) is 0 Å². The molecule has 0 saturated heterocycles. The van der Waals surface area contributed by atoms with Crippen LogP contribution in [0.2, 0.25) is 0 Å². The SMILES string of the molecule is Oc1ccc(C2c3ccccc3CCC2c2ccccc2)cc1. The Hall–Kier alpha value is -2.54. The fraction of sp³-hybridized carbons (Fsp3) is 0.182. The first-order chi connectivity index (χ1) is 11.3. The Balaban J connectivity index is 1.85. The molecule has 1 heteroatoms. The van der Waals surface area contributed by atoms with Crippen LogP contribution < -0.4 is 0 Å². The molecule has 23 heavy (non-hydrogen) atoms. The van der Waals surface area contributed by atoms with E-state index in [0.717, 1.165) is 12.8 Å². The average Bonchev–Trinajstić information content (AvgIpc) is 2.62. The molecular weight excluding hydrogens is 280 g/mol. The number of aryl methyl sites for hydroxylation is 1. The molecule has 2 atom stereocenters. The molecule has 0 aliphatic heterocycles. The molecule has 1 aliphatic carbocycles. The Labute approximate surface area is 137 Å². The third kappa shape index (κ3) is 2.63. The molecule has 3 aromatic carbocycles. The maximum atomic E-state index is 9.63. The number of aromatic hydroxyl groups is 1. The maximum absolute atomic E-state index is 9.63. The van der Waals surface area contributed by atoms with Crippen molar-refractivity contribution >= 4 is 0 Å². The molecule has 2 unspecified atom stereocenters. The van der Waals surface area contributed by atoms with Crippen LogP contribution in [0.3, 0.4) is 0 Å². The molecule has 114 valence electrons. The van der Waals surface area contributed by atoms with Gasteiger partial charge in [0.2, 0.25) is 0 Å². The number of benzene rings is 3. The van der Waals surface area contributed by atoms with E-state index >= 15 is 0 Å². The maximum Gasteiger partial charge on any atom is 0.115 e. The van der Waals surface area contributed by atoms with Crippen molar-refractivity contribution in [3.8, 4) is 5.75 Å². The van der Waals surface area contributed by atoms with Crippen molar-refractivity contribution < 1.29 is 5.11 Å². The molecule has 0 radical (unpaired) electrons. The summed E-state index contributed by atoms with van der Waals surface area (Å²) in [6.07, 6.45) is 2.29. The number of fused-ring (bicyclic) bond motifs is 1. The van der Waals surface area contributed by atoms with E-state index in [-0.39, 0.29) is 0 Å². The quantitative estimate of drug-likeness (QED) is 0.685. The minimum absolute atomic E-state index is 0.328. The van der Waals surface area contributed by atoms with Gasteiger partial charge in [-0.15, -0.1) is 0 Å². The summed E-state index contributed by atoms with van der Waals surface area (Å²) < 4.78 is 0. The summed E-state index contributed by atoms with van der Waals surface area (Å²) in [4.78, 5) is 0. The van der Waals surface area contributed by atoms with Crippen LogP contribution in [0.1, 0.15) is 40.5 Å². The molecule has 3 aromatic rings. The summed E-state index contributed by atoms with van der Waals surface area (Å²) in [5.74, 6) is 1.16. The fourth-order valence-electron chi connectivity index (χ4n) is 3.91. The minimum Gasteiger partial charge on any atom is -0.508 e. The molecule has 0 bridgehead atoms. The highest BCUT2D eigenvalue weighted by atomic mass is 16.3. The molecule has 0 aromatic heterocycles. The Kier molecular flexibility index (Phi) is 3.63. The van der Waals surface area contributed by atoms with Crippen LogP contribution in [0.25, 0.3) is 0 Å². The second-order valence-electron chi connectivity index (χ2n) is 6.32. The molecule has 0 amide bonds. The van der Waals surface area contributed by atoms with Crippen molar-refractivity contribution in [2.75, 3.05) is 0 Å². The van der Waals surface area contributed by atoms with Gasteiger partial charge in [0.25, 0.3) is 0 Å². The molecular formula is C22H20O. The van der Waals surface area contributed by atoms with Crippen LogP contribution in [0.15, 0.2) is 78.9 Å². The Morgan fingerprint density at radius 1 is 0.696 bits per heavy atom. The molecule has 1 aliphatic rings. The van der Waals surface area contributed by atoms with Gasteiger partial charge in [-0.1, -0.05) is 66.7 Å². The van der Waals surface area contributed by atoms with Gasteiger partial charge in [0, 0.05) is 5.92 Å². The lowest BCUT2D eigenvalue weighted by atomic mass is 9.69. The van der Waals surface area contributed by atoms with Gasteiger partial charge in [0.05, 0.1) is 0 Å². The van der Waals surface area contributed by atoms with Crippen molar-refractivity contribution in [1.29, 1.82) is 0 Å². The molecule has 1 N–H and O–H groups in total. The number of hydrogen-bond donors (Lipinski definition) is 1. The van der Waals surface area contributed by atoms with Crippen molar-refractivity contribution in [1.82, 2.24) is 0 Å². The summed E-state index contributed by atoms with van der Waals surface area (Å²) in [6, 6.07) is 27.3. The molecule has 0 saturated carbocycles. The number of rotatable bonds is 2. The van der Waals surface area contributed by atoms with Crippen LogP contribution in [0, 0.1) is 0 Å². The van der Waals surface area contributed by atoms with Gasteiger partial charge in [-0.2, -0.15) is 0 Å². The van der Waals surface area contributed by atoms with Crippen molar-refractivity contribution in [3.63, 3.8) is 0 Å². The van der Waals surface area contributed by atoms with Crippen LogP contribution in [-0.2, 0) is 6.42 Å². The number of phenolic OH excluding ortho intramolecular Hbond substituents is 1. The van der Waals surface area contributed by atoms with Gasteiger partial charge in [0.15, 0.2) is 0 Å². The van der Waals surface area contributed by atoms with Crippen molar-refractivity contribution in [2.45, 2.75) is 24.7 Å². The van der Waals surface area contributed by atoms with Crippen LogP contribution in [0.5, 0.6) is 5.75 Å². The van der Waals surface area contributed by atoms with Crippen molar-refractivity contribution in [2.24, 2.45) is 0 Å². The zero-order valence-electron chi connectivity index (χ0n) is 13.0. The normalized spacial score (nSPS) is 20.0. The smallest absolute Gasteiger partial charge is 0.115 e. The summed E-state index contributed by atoms with van der Waals surface area (Å²) in [5, 5.41) is 9.63. The van der Waals surface area contributed by atoms with E-state index in [1.807, 2.05) is 0 Å². The fourth-order valence-corrected chi connectivity index (χ4v) is 3.91. The summed E-state index contributed by atoms with van der Waals surface area (Å²) in [7, 11) is 0. The first-order valence-electron chi connectivity index (χ1n) is 8.24. The molecule has 4 rings (SSSR count). The van der Waals surface area contributed by atoms with E-state index in [2.05, 4.69) is 66.7 Å². The van der Waals surface area contributed by atoms with E-state index < -0.39 is 0 Å². The summed E-state index contributed by atoms with van der Waals surface area (Å²) in [6.45, 7) is 0. The summed E-state index contributed by atoms with van der Waals surface area (Å²) >= 11 is 0. The van der Waals surface area contributed by atoms with Crippen LogP contribution in [0.4, 0.5) is 0 Å². The first kappa shape index (κ1) is 14.1. The van der Waals surface area contributed by atoms with E-state index in [0.29, 0.717) is 17.6 Å². The topological polar surface area (TPSA) is 20.2 Å². The third-order valence-electron chi connectivity index (χ3n) is 5.00. The predicted octanol–water partition coefficient (Wildman–Crippen LogP) is 5.25. The Morgan fingerprint density at radius 2 is 1.39 bits per heavy atom. The van der Waals surface area contributed by atoms with Crippen LogP contribution in [-0.4, -0.2) is 5.11 Å². The zero-order chi connectivity index (χ0) is 15.6. The Bertz CT molecular complexity index is 790. The molecule has 0 spiro atoms. The summed E-state index contributed by atoms with van der Waals surface area (Å²) in [5.41, 5.74) is 5.57. The van der Waals surface area contributed by atoms with Crippen molar-refractivity contribution in [3.05, 3.63) is 101 Å². The monoisotopic (exact) mass is 300 g/mol. The highest BCUT2D eigenvalue weighted by Gasteiger charge is 2.31. The number of phenols is 1. The predicted molar refractivity (Wildman–Crippen MR) is 93.9 cm³/mol. The Morgan fingerprint density at radius 3 is 2.17 bits per heavy atom. The van der Waals surface area contributed by atoms with Gasteiger partial charge < -0.3 is 5.11 Å². The largest absolute Gasteiger partial charge is 0.508 e. The first-order valence-corrected chi connectivity index (χ1v) is 8.24. The lowest BCUT2D eigenvalue weighted by Crippen LogP contribution is -2.20. The molecule has 0 heterocycles. The molecule has 0 fully saturated rings. The lowest BCUT2D eigenvalue weighted by Gasteiger charge is -2.34. The van der Waals surface area contributed by atoms with Gasteiger partial charge >= 0.3 is 0 Å². The highest BCUT2D eigenvalue weighted by molar-refractivity contribution is 5.45. The van der Waals surface area contributed by atoms with Gasteiger partial charge in [-0.25, -0.2) is 0 Å². The van der Waals surface area contributed by atoms with E-state index in [9.17, 15) is 5.11 Å². The molecule has 1 nitrogen and oxygen atoms in total. The van der Waals surface area contributed by atoms with Crippen LogP contribution >= 0.6 is 0 Å². The van der Waals surface area contributed by atoms with E-state index in [1.54, 1.807) is 12.1 Å². The van der Waals surface area contributed by atoms with Gasteiger partial charge in [-0.05, 0) is 53.1 Å². The third-order valence-corrected chi connectivity index (χ3v) is 5.00.